The molecule has 0 aromatic carbocycles. The quantitative estimate of drug-likeness (QED) is 0.833. The number of carboxylic acid groups (broad SMARTS) is 1. The van der Waals surface area contributed by atoms with E-state index in [9.17, 15) is 14.4 Å². The summed E-state index contributed by atoms with van der Waals surface area (Å²) < 4.78 is 0. The van der Waals surface area contributed by atoms with Crippen LogP contribution in [0.3, 0.4) is 0 Å². The highest BCUT2D eigenvalue weighted by Crippen LogP contribution is 2.33. The number of hydrogen-bond donors (Lipinski definition) is 1. The van der Waals surface area contributed by atoms with Crippen molar-refractivity contribution < 1.29 is 19.5 Å². The molecule has 2 rings (SSSR count). The Bertz CT molecular complexity index is 480. The highest BCUT2D eigenvalue weighted by molar-refractivity contribution is 5.80. The average molecular weight is 338 g/mol. The van der Waals surface area contributed by atoms with Crippen LogP contribution in [-0.4, -0.2) is 58.4 Å². The standard InChI is InChI=1S/C18H30N2O4/c1-13-5-6-15(10-13)11-17(22)19-8-3-4-16(7-9-19)20(14(2)21)12-18(23)24/h13,15-16H,3-12H2,1-2H3,(H,23,24). The fraction of sp³-hybridized carbons (Fsp3) is 0.833. The fourth-order valence-electron chi connectivity index (χ4n) is 4.17. The third-order valence-electron chi connectivity index (χ3n) is 5.47. The zero-order valence-corrected chi connectivity index (χ0v) is 14.9. The number of nitrogens with zero attached hydrogens (tertiary/aromatic N) is 2. The molecule has 1 heterocycles. The van der Waals surface area contributed by atoms with Crippen molar-refractivity contribution in [3.05, 3.63) is 0 Å². The maximum absolute atomic E-state index is 12.6. The minimum atomic E-state index is -0.988. The van der Waals surface area contributed by atoms with Crippen molar-refractivity contribution in [2.24, 2.45) is 11.8 Å². The Morgan fingerprint density at radius 1 is 1.12 bits per heavy atom. The fourth-order valence-corrected chi connectivity index (χ4v) is 4.17. The first-order valence-corrected chi connectivity index (χ1v) is 9.13. The topological polar surface area (TPSA) is 77.9 Å². The van der Waals surface area contributed by atoms with E-state index in [0.29, 0.717) is 25.3 Å². The van der Waals surface area contributed by atoms with Gasteiger partial charge in [0.15, 0.2) is 0 Å². The molecule has 0 aromatic heterocycles. The molecule has 6 nitrogen and oxygen atoms in total. The molecule has 1 N–H and O–H groups in total. The molecule has 1 aliphatic carbocycles. The number of carbonyl (C=O) groups excluding carboxylic acids is 2. The van der Waals surface area contributed by atoms with Gasteiger partial charge < -0.3 is 14.9 Å². The van der Waals surface area contributed by atoms with E-state index in [0.717, 1.165) is 38.1 Å². The third-order valence-corrected chi connectivity index (χ3v) is 5.47. The van der Waals surface area contributed by atoms with Gasteiger partial charge in [-0.3, -0.25) is 14.4 Å². The van der Waals surface area contributed by atoms with Crippen LogP contribution >= 0.6 is 0 Å². The maximum Gasteiger partial charge on any atom is 0.323 e. The van der Waals surface area contributed by atoms with Crippen molar-refractivity contribution >= 4 is 17.8 Å². The molecule has 2 aliphatic rings. The highest BCUT2D eigenvalue weighted by Gasteiger charge is 2.29. The van der Waals surface area contributed by atoms with Crippen molar-refractivity contribution in [1.82, 2.24) is 9.80 Å². The highest BCUT2D eigenvalue weighted by atomic mass is 16.4. The molecule has 0 radical (unpaired) electrons. The summed E-state index contributed by atoms with van der Waals surface area (Å²) in [7, 11) is 0. The lowest BCUT2D eigenvalue weighted by atomic mass is 10.0. The van der Waals surface area contributed by atoms with Crippen LogP contribution in [-0.2, 0) is 14.4 Å². The molecule has 1 aliphatic heterocycles. The molecule has 2 amide bonds. The number of likely N-dealkylation sites (tertiary alicyclic amines) is 1. The summed E-state index contributed by atoms with van der Waals surface area (Å²) in [6.07, 6.45) is 6.42. The zero-order valence-electron chi connectivity index (χ0n) is 14.9. The Morgan fingerprint density at radius 3 is 2.46 bits per heavy atom. The van der Waals surface area contributed by atoms with E-state index in [-0.39, 0.29) is 24.4 Å². The summed E-state index contributed by atoms with van der Waals surface area (Å²) in [6, 6.07) is -0.0806. The predicted octanol–water partition coefficient (Wildman–Crippen LogP) is 2.13. The Labute approximate surface area is 144 Å². The lowest BCUT2D eigenvalue weighted by Crippen LogP contribution is -2.43. The van der Waals surface area contributed by atoms with E-state index in [1.165, 1.54) is 18.2 Å². The molecular weight excluding hydrogens is 308 g/mol. The Kier molecular flexibility index (Phi) is 6.63. The summed E-state index contributed by atoms with van der Waals surface area (Å²) in [4.78, 5) is 38.6. The number of amides is 2. The monoisotopic (exact) mass is 338 g/mol. The molecule has 0 spiro atoms. The van der Waals surface area contributed by atoms with E-state index in [1.54, 1.807) is 0 Å². The van der Waals surface area contributed by atoms with E-state index in [2.05, 4.69) is 6.92 Å². The second kappa shape index (κ2) is 8.49. The van der Waals surface area contributed by atoms with E-state index >= 15 is 0 Å². The first-order valence-electron chi connectivity index (χ1n) is 9.13. The van der Waals surface area contributed by atoms with Gasteiger partial charge in [-0.05, 0) is 43.9 Å². The zero-order chi connectivity index (χ0) is 17.7. The Hall–Kier alpha value is -1.59. The molecule has 3 unspecified atom stereocenters. The van der Waals surface area contributed by atoms with Gasteiger partial charge in [0.1, 0.15) is 6.54 Å². The number of carboxylic acids is 1. The van der Waals surface area contributed by atoms with Gasteiger partial charge >= 0.3 is 5.97 Å². The van der Waals surface area contributed by atoms with Crippen LogP contribution in [0.1, 0.15) is 58.8 Å². The third kappa shape index (κ3) is 5.21. The summed E-state index contributed by atoms with van der Waals surface area (Å²) >= 11 is 0. The van der Waals surface area contributed by atoms with Crippen LogP contribution in [0.5, 0.6) is 0 Å². The van der Waals surface area contributed by atoms with Crippen LogP contribution in [0.15, 0.2) is 0 Å². The lowest BCUT2D eigenvalue weighted by molar-refractivity contribution is -0.145. The minimum absolute atomic E-state index is 0.0806. The number of carbonyl (C=O) groups is 3. The van der Waals surface area contributed by atoms with Gasteiger partial charge in [-0.1, -0.05) is 13.3 Å². The largest absolute Gasteiger partial charge is 0.480 e. The Morgan fingerprint density at radius 2 is 1.88 bits per heavy atom. The number of hydrogen-bond acceptors (Lipinski definition) is 3. The number of rotatable bonds is 5. The molecule has 1 saturated heterocycles. The molecular formula is C18H30N2O4. The van der Waals surface area contributed by atoms with Gasteiger partial charge in [-0.15, -0.1) is 0 Å². The van der Waals surface area contributed by atoms with Crippen LogP contribution in [0.2, 0.25) is 0 Å². The van der Waals surface area contributed by atoms with Gasteiger partial charge in [0, 0.05) is 32.5 Å². The first kappa shape index (κ1) is 18.7. The molecule has 2 fully saturated rings. The maximum atomic E-state index is 12.6. The molecule has 136 valence electrons. The Balaban J connectivity index is 1.88. The van der Waals surface area contributed by atoms with E-state index in [4.69, 9.17) is 5.11 Å². The minimum Gasteiger partial charge on any atom is -0.480 e. The van der Waals surface area contributed by atoms with Crippen molar-refractivity contribution in [2.45, 2.75) is 64.8 Å². The first-order chi connectivity index (χ1) is 11.4. The molecule has 1 saturated carbocycles. The van der Waals surface area contributed by atoms with Gasteiger partial charge in [0.25, 0.3) is 0 Å². The summed E-state index contributed by atoms with van der Waals surface area (Å²) in [5.74, 6) is 0.283. The second-order valence-corrected chi connectivity index (χ2v) is 7.49. The summed E-state index contributed by atoms with van der Waals surface area (Å²) in [5, 5.41) is 9.00. The molecule has 24 heavy (non-hydrogen) atoms. The lowest BCUT2D eigenvalue weighted by Gasteiger charge is -2.29. The van der Waals surface area contributed by atoms with Gasteiger partial charge in [-0.25, -0.2) is 0 Å². The van der Waals surface area contributed by atoms with Crippen LogP contribution in [0.25, 0.3) is 0 Å². The van der Waals surface area contributed by atoms with Crippen LogP contribution < -0.4 is 0 Å². The van der Waals surface area contributed by atoms with Crippen LogP contribution in [0, 0.1) is 11.8 Å². The summed E-state index contributed by atoms with van der Waals surface area (Å²) in [6.45, 7) is 4.75. The smallest absolute Gasteiger partial charge is 0.323 e. The van der Waals surface area contributed by atoms with Crippen molar-refractivity contribution in [1.29, 1.82) is 0 Å². The summed E-state index contributed by atoms with van der Waals surface area (Å²) in [5.41, 5.74) is 0. The molecule has 6 heteroatoms. The normalized spacial score (nSPS) is 27.6. The number of aliphatic carboxylic acids is 1. The van der Waals surface area contributed by atoms with E-state index < -0.39 is 5.97 Å². The van der Waals surface area contributed by atoms with Gasteiger partial charge in [0.2, 0.25) is 11.8 Å². The van der Waals surface area contributed by atoms with Crippen molar-refractivity contribution in [2.75, 3.05) is 19.6 Å². The second-order valence-electron chi connectivity index (χ2n) is 7.49. The van der Waals surface area contributed by atoms with Crippen molar-refractivity contribution in [3.8, 4) is 0 Å². The van der Waals surface area contributed by atoms with Gasteiger partial charge in [0.05, 0.1) is 0 Å². The molecule has 0 bridgehead atoms. The van der Waals surface area contributed by atoms with E-state index in [1.807, 2.05) is 4.90 Å². The van der Waals surface area contributed by atoms with Crippen molar-refractivity contribution in [3.63, 3.8) is 0 Å². The molecule has 0 aromatic rings. The van der Waals surface area contributed by atoms with Crippen LogP contribution in [0.4, 0.5) is 0 Å². The van der Waals surface area contributed by atoms with Gasteiger partial charge in [-0.2, -0.15) is 0 Å². The molecule has 3 atom stereocenters. The SMILES string of the molecule is CC(=O)N(CC(=O)O)C1CCCN(C(=O)CC2CCC(C)C2)CC1. The predicted molar refractivity (Wildman–Crippen MR) is 90.4 cm³/mol. The average Bonchev–Trinajstić information content (AvgIpc) is 2.76.